The summed E-state index contributed by atoms with van der Waals surface area (Å²) < 4.78 is 11.9. The monoisotopic (exact) mass is 455 g/mol. The molecular formula is C28H29N3O3. The normalized spacial score (nSPS) is 11.1. The van der Waals surface area contributed by atoms with Gasteiger partial charge in [0.15, 0.2) is 6.29 Å². The van der Waals surface area contributed by atoms with Crippen LogP contribution in [0.2, 0.25) is 0 Å². The molecule has 1 heterocycles. The fraction of sp³-hybridized carbons (Fsp3) is 0.143. The summed E-state index contributed by atoms with van der Waals surface area (Å²) in [4.78, 5) is 11.3. The van der Waals surface area contributed by atoms with Gasteiger partial charge in [-0.05, 0) is 42.3 Å². The van der Waals surface area contributed by atoms with E-state index in [1.807, 2.05) is 92.0 Å². The van der Waals surface area contributed by atoms with Crippen molar-refractivity contribution in [3.05, 3.63) is 108 Å². The molecule has 6 heteroatoms. The van der Waals surface area contributed by atoms with Crippen molar-refractivity contribution in [3.63, 3.8) is 0 Å². The highest BCUT2D eigenvalue weighted by Crippen LogP contribution is 2.31. The zero-order chi connectivity index (χ0) is 24.3. The molecule has 1 aromatic heterocycles. The van der Waals surface area contributed by atoms with Crippen molar-refractivity contribution in [2.75, 3.05) is 26.6 Å². The van der Waals surface area contributed by atoms with Gasteiger partial charge in [-0.2, -0.15) is 5.10 Å². The third kappa shape index (κ3) is 5.99. The first kappa shape index (κ1) is 24.5. The Labute approximate surface area is 200 Å². The van der Waals surface area contributed by atoms with E-state index in [0.29, 0.717) is 5.69 Å². The van der Waals surface area contributed by atoms with Crippen molar-refractivity contribution in [1.29, 1.82) is 0 Å². The van der Waals surface area contributed by atoms with E-state index in [1.54, 1.807) is 25.0 Å². The first-order chi connectivity index (χ1) is 16.6. The fourth-order valence-electron chi connectivity index (χ4n) is 3.43. The number of allylic oxidation sites excluding steroid dienone is 1. The maximum Gasteiger partial charge on any atom is 0.170 e. The minimum absolute atomic E-state index is 0.372. The number of anilines is 1. The number of hydrogen-bond acceptors (Lipinski definition) is 5. The molecule has 6 nitrogen and oxygen atoms in total. The lowest BCUT2D eigenvalue weighted by Gasteiger charge is -2.16. The maximum atomic E-state index is 11.3. The molecule has 1 N–H and O–H groups in total. The van der Waals surface area contributed by atoms with Crippen molar-refractivity contribution in [2.24, 2.45) is 0 Å². The molecule has 0 atom stereocenters. The van der Waals surface area contributed by atoms with Gasteiger partial charge in [-0.25, -0.2) is 4.68 Å². The Kier molecular flexibility index (Phi) is 8.77. The van der Waals surface area contributed by atoms with E-state index in [2.05, 4.69) is 22.1 Å². The third-order valence-corrected chi connectivity index (χ3v) is 4.99. The third-order valence-electron chi connectivity index (χ3n) is 4.99. The van der Waals surface area contributed by atoms with Crippen LogP contribution in [-0.2, 0) is 4.74 Å². The average Bonchev–Trinajstić information content (AvgIpc) is 3.29. The van der Waals surface area contributed by atoms with Gasteiger partial charge >= 0.3 is 0 Å². The Bertz CT molecular complexity index is 1220. The number of benzene rings is 3. The molecule has 0 aliphatic heterocycles. The average molecular weight is 456 g/mol. The molecule has 0 radical (unpaired) electrons. The summed E-state index contributed by atoms with van der Waals surface area (Å²) in [5, 5.41) is 7.63. The van der Waals surface area contributed by atoms with Crippen LogP contribution in [0, 0.1) is 0 Å². The molecule has 0 saturated heterocycles. The number of hydrogen-bond donors (Lipinski definition) is 1. The Hall–Kier alpha value is -4.16. The lowest BCUT2D eigenvalue weighted by Crippen LogP contribution is -2.07. The number of rotatable bonds is 7. The molecule has 0 unspecified atom stereocenters. The second-order valence-electron chi connectivity index (χ2n) is 7.42. The highest BCUT2D eigenvalue weighted by atomic mass is 16.5. The molecule has 0 saturated carbocycles. The molecule has 34 heavy (non-hydrogen) atoms. The number of methoxy groups -OCH3 is 1. The van der Waals surface area contributed by atoms with Gasteiger partial charge in [0, 0.05) is 32.9 Å². The van der Waals surface area contributed by atoms with Crippen LogP contribution >= 0.6 is 0 Å². The van der Waals surface area contributed by atoms with Crippen LogP contribution in [-0.4, -0.2) is 37.3 Å². The highest BCUT2D eigenvalue weighted by molar-refractivity contribution is 5.91. The van der Waals surface area contributed by atoms with Crippen LogP contribution in [0.5, 0.6) is 11.5 Å². The predicted molar refractivity (Wildman–Crippen MR) is 137 cm³/mol. The van der Waals surface area contributed by atoms with E-state index in [1.165, 1.54) is 0 Å². The molecular weight excluding hydrogens is 426 g/mol. The fourth-order valence-corrected chi connectivity index (χ4v) is 3.43. The summed E-state index contributed by atoms with van der Waals surface area (Å²) in [6.45, 7) is 2.05. The Morgan fingerprint density at radius 3 is 1.97 bits per heavy atom. The van der Waals surface area contributed by atoms with Gasteiger partial charge in [0.2, 0.25) is 0 Å². The summed E-state index contributed by atoms with van der Waals surface area (Å²) in [5.74, 6) is 2.30. The van der Waals surface area contributed by atoms with Crippen LogP contribution in [0.15, 0.2) is 91.0 Å². The van der Waals surface area contributed by atoms with Crippen molar-refractivity contribution < 1.29 is 14.3 Å². The van der Waals surface area contributed by atoms with Crippen LogP contribution in [0.1, 0.15) is 28.5 Å². The van der Waals surface area contributed by atoms with Gasteiger partial charge in [0.25, 0.3) is 0 Å². The number of nitrogens with zero attached hydrogens (tertiary/aromatic N) is 2. The van der Waals surface area contributed by atoms with E-state index >= 15 is 0 Å². The van der Waals surface area contributed by atoms with Gasteiger partial charge in [-0.3, -0.25) is 4.79 Å². The first-order valence-corrected chi connectivity index (χ1v) is 10.8. The van der Waals surface area contributed by atoms with Crippen LogP contribution in [0.25, 0.3) is 11.3 Å². The van der Waals surface area contributed by atoms with Crippen LogP contribution in [0.4, 0.5) is 5.82 Å². The Morgan fingerprint density at radius 1 is 0.853 bits per heavy atom. The number of aldehydes is 1. The van der Waals surface area contributed by atoms with Gasteiger partial charge in [0.05, 0.1) is 5.70 Å². The Balaban J connectivity index is 0.00000103. The predicted octanol–water partition coefficient (Wildman–Crippen LogP) is 6.23. The first-order valence-electron chi connectivity index (χ1n) is 10.8. The largest absolute Gasteiger partial charge is 0.457 e. The number of aromatic nitrogens is 2. The van der Waals surface area contributed by atoms with Gasteiger partial charge < -0.3 is 14.8 Å². The summed E-state index contributed by atoms with van der Waals surface area (Å²) in [6.07, 6.45) is 0.755. The second-order valence-corrected chi connectivity index (χ2v) is 7.42. The van der Waals surface area contributed by atoms with Crippen LogP contribution < -0.4 is 10.1 Å². The summed E-state index contributed by atoms with van der Waals surface area (Å²) in [5.41, 5.74) is 4.33. The zero-order valence-corrected chi connectivity index (χ0v) is 19.9. The van der Waals surface area contributed by atoms with E-state index in [0.717, 1.165) is 46.0 Å². The number of ether oxygens (including phenoxy) is 2. The second kappa shape index (κ2) is 12.2. The number of para-hydroxylation sites is 1. The Morgan fingerprint density at radius 2 is 1.41 bits per heavy atom. The van der Waals surface area contributed by atoms with Crippen molar-refractivity contribution in [1.82, 2.24) is 9.78 Å². The SMILES string of the molecule is CNc1cc(C=O)nn1/C(=C(\C)c1ccc(Oc2ccccc2)cc1)c1ccccc1.COC. The topological polar surface area (TPSA) is 65.4 Å². The van der Waals surface area contributed by atoms with Crippen molar-refractivity contribution in [3.8, 4) is 11.5 Å². The standard InChI is InChI=1S/C26H23N3O2.C2H6O/c1-19(20-13-15-24(16-14-20)31-23-11-7-4-8-12-23)26(21-9-5-3-6-10-21)29-25(27-2)17-22(18-30)28-29;1-3-2/h3-18,27H,1-2H3;1-2H3/b26-19+;. The highest BCUT2D eigenvalue weighted by Gasteiger charge is 2.16. The van der Waals surface area contributed by atoms with E-state index in [4.69, 9.17) is 4.74 Å². The van der Waals surface area contributed by atoms with Gasteiger partial charge in [0.1, 0.15) is 23.0 Å². The summed E-state index contributed by atoms with van der Waals surface area (Å²) >= 11 is 0. The molecule has 3 aromatic carbocycles. The minimum Gasteiger partial charge on any atom is -0.457 e. The van der Waals surface area contributed by atoms with Gasteiger partial charge in [-0.15, -0.1) is 0 Å². The number of carbonyl (C=O) groups excluding carboxylic acids is 1. The van der Waals surface area contributed by atoms with E-state index in [-0.39, 0.29) is 0 Å². The minimum atomic E-state index is 0.372. The lowest BCUT2D eigenvalue weighted by atomic mass is 10.0. The quantitative estimate of drug-likeness (QED) is 0.264. The molecule has 4 aromatic rings. The van der Waals surface area contributed by atoms with Gasteiger partial charge in [-0.1, -0.05) is 60.7 Å². The molecule has 0 fully saturated rings. The molecule has 0 amide bonds. The molecule has 174 valence electrons. The molecule has 0 aliphatic carbocycles. The molecule has 0 bridgehead atoms. The molecule has 0 aliphatic rings. The zero-order valence-electron chi connectivity index (χ0n) is 19.9. The van der Waals surface area contributed by atoms with E-state index < -0.39 is 0 Å². The number of carbonyl (C=O) groups is 1. The molecule has 4 rings (SSSR count). The van der Waals surface area contributed by atoms with Crippen molar-refractivity contribution in [2.45, 2.75) is 6.92 Å². The van der Waals surface area contributed by atoms with Crippen molar-refractivity contribution >= 4 is 23.4 Å². The maximum absolute atomic E-state index is 11.3. The molecule has 0 spiro atoms. The smallest absolute Gasteiger partial charge is 0.170 e. The summed E-state index contributed by atoms with van der Waals surface area (Å²) in [6, 6.07) is 29.4. The number of nitrogens with one attached hydrogen (secondary N) is 1. The van der Waals surface area contributed by atoms with Crippen LogP contribution in [0.3, 0.4) is 0 Å². The summed E-state index contributed by atoms with van der Waals surface area (Å²) in [7, 11) is 5.07. The lowest BCUT2D eigenvalue weighted by molar-refractivity contribution is 0.111. The van der Waals surface area contributed by atoms with E-state index in [9.17, 15) is 4.79 Å².